The molecule has 0 aliphatic rings. The van der Waals surface area contributed by atoms with E-state index in [0.29, 0.717) is 19.4 Å². The van der Waals surface area contributed by atoms with Crippen molar-refractivity contribution in [3.05, 3.63) is 0 Å². The predicted molar refractivity (Wildman–Crippen MR) is 62.9 cm³/mol. The van der Waals surface area contributed by atoms with E-state index < -0.39 is 18.8 Å². The van der Waals surface area contributed by atoms with E-state index in [-0.39, 0.29) is 12.0 Å². The predicted octanol–water partition coefficient (Wildman–Crippen LogP) is 3.06. The molecule has 0 saturated carbocycles. The molecule has 0 aromatic rings. The van der Waals surface area contributed by atoms with Crippen LogP contribution in [0, 0.1) is 5.41 Å². The molecule has 0 aliphatic carbocycles. The Balaban J connectivity index is 4.18. The zero-order valence-electron chi connectivity index (χ0n) is 11.1. The first-order valence-electron chi connectivity index (χ1n) is 6.03. The number of hydrogen-bond acceptors (Lipinski definition) is 2. The largest absolute Gasteiger partial charge is 0.401 e. The summed E-state index contributed by atoms with van der Waals surface area (Å²) in [6, 6.07) is 0. The van der Waals surface area contributed by atoms with Crippen LogP contribution in [0.3, 0.4) is 0 Å². The Labute approximate surface area is 102 Å². The van der Waals surface area contributed by atoms with E-state index >= 15 is 0 Å². The summed E-state index contributed by atoms with van der Waals surface area (Å²) in [6.45, 7) is 7.30. The summed E-state index contributed by atoms with van der Waals surface area (Å²) < 4.78 is 36.8. The van der Waals surface area contributed by atoms with E-state index in [1.807, 2.05) is 27.7 Å². The van der Waals surface area contributed by atoms with Crippen LogP contribution >= 0.6 is 0 Å². The normalized spacial score (nSPS) is 15.4. The van der Waals surface area contributed by atoms with Crippen LogP contribution in [0.15, 0.2) is 0 Å². The first-order chi connectivity index (χ1) is 7.56. The standard InChI is InChI=1S/C12H24F3NO/c1-5-7-16(9-12(13,14)15)8-6-10(17)11(2,3)4/h10,17H,5-9H2,1-4H3. The summed E-state index contributed by atoms with van der Waals surface area (Å²) >= 11 is 0. The molecule has 0 saturated heterocycles. The maximum absolute atomic E-state index is 12.3. The summed E-state index contributed by atoms with van der Waals surface area (Å²) in [5, 5.41) is 9.79. The van der Waals surface area contributed by atoms with Gasteiger partial charge in [0.1, 0.15) is 0 Å². The molecule has 0 rings (SSSR count). The SMILES string of the molecule is CCCN(CCC(O)C(C)(C)C)CC(F)(F)F. The fourth-order valence-electron chi connectivity index (χ4n) is 1.58. The van der Waals surface area contributed by atoms with E-state index in [1.165, 1.54) is 4.90 Å². The van der Waals surface area contributed by atoms with Crippen LogP contribution in [-0.2, 0) is 0 Å². The van der Waals surface area contributed by atoms with Gasteiger partial charge in [0.25, 0.3) is 0 Å². The molecular formula is C12H24F3NO. The van der Waals surface area contributed by atoms with Crippen LogP contribution in [0.2, 0.25) is 0 Å². The van der Waals surface area contributed by atoms with Crippen LogP contribution in [0.4, 0.5) is 13.2 Å². The van der Waals surface area contributed by atoms with Crippen LogP contribution in [0.5, 0.6) is 0 Å². The van der Waals surface area contributed by atoms with Crippen LogP contribution in [-0.4, -0.2) is 41.9 Å². The third-order valence-electron chi connectivity index (χ3n) is 2.66. The Bertz CT molecular complexity index is 211. The van der Waals surface area contributed by atoms with Crippen molar-refractivity contribution in [2.75, 3.05) is 19.6 Å². The minimum atomic E-state index is -4.16. The fraction of sp³-hybridized carbons (Fsp3) is 1.00. The summed E-state index contributed by atoms with van der Waals surface area (Å²) in [7, 11) is 0. The maximum Gasteiger partial charge on any atom is 0.401 e. The second kappa shape index (κ2) is 6.59. The fourth-order valence-corrected chi connectivity index (χ4v) is 1.58. The summed E-state index contributed by atoms with van der Waals surface area (Å²) in [6.07, 6.45) is -3.68. The van der Waals surface area contributed by atoms with E-state index in [9.17, 15) is 18.3 Å². The van der Waals surface area contributed by atoms with Gasteiger partial charge in [-0.2, -0.15) is 13.2 Å². The Kier molecular flexibility index (Phi) is 6.48. The molecule has 5 heteroatoms. The second-order valence-corrected chi connectivity index (χ2v) is 5.56. The van der Waals surface area contributed by atoms with Crippen LogP contribution in [0.25, 0.3) is 0 Å². The molecule has 0 spiro atoms. The highest BCUT2D eigenvalue weighted by Crippen LogP contribution is 2.23. The van der Waals surface area contributed by atoms with E-state index in [0.717, 1.165) is 0 Å². The summed E-state index contributed by atoms with van der Waals surface area (Å²) in [5.41, 5.74) is -0.282. The molecule has 1 N–H and O–H groups in total. The number of rotatable bonds is 6. The first kappa shape index (κ1) is 16.7. The molecular weight excluding hydrogens is 231 g/mol. The smallest absolute Gasteiger partial charge is 0.393 e. The van der Waals surface area contributed by atoms with Gasteiger partial charge in [-0.15, -0.1) is 0 Å². The van der Waals surface area contributed by atoms with Gasteiger partial charge in [-0.25, -0.2) is 0 Å². The zero-order valence-corrected chi connectivity index (χ0v) is 11.1. The molecule has 17 heavy (non-hydrogen) atoms. The molecule has 2 nitrogen and oxygen atoms in total. The number of aliphatic hydroxyl groups is 1. The maximum atomic E-state index is 12.3. The lowest BCUT2D eigenvalue weighted by Crippen LogP contribution is -2.38. The molecule has 0 aromatic carbocycles. The van der Waals surface area contributed by atoms with E-state index in [2.05, 4.69) is 0 Å². The lowest BCUT2D eigenvalue weighted by atomic mass is 9.87. The minimum absolute atomic E-state index is 0.282. The van der Waals surface area contributed by atoms with Crippen molar-refractivity contribution in [2.45, 2.75) is 52.8 Å². The Morgan fingerprint density at radius 2 is 1.65 bits per heavy atom. The number of halogens is 3. The third-order valence-corrected chi connectivity index (χ3v) is 2.66. The molecule has 0 fully saturated rings. The van der Waals surface area contributed by atoms with Gasteiger partial charge in [-0.3, -0.25) is 4.90 Å². The van der Waals surface area contributed by atoms with Gasteiger partial charge >= 0.3 is 6.18 Å². The Morgan fingerprint density at radius 1 is 1.12 bits per heavy atom. The highest BCUT2D eigenvalue weighted by molar-refractivity contribution is 4.74. The topological polar surface area (TPSA) is 23.5 Å². The van der Waals surface area contributed by atoms with Crippen molar-refractivity contribution in [3.63, 3.8) is 0 Å². The average Bonchev–Trinajstić information content (AvgIpc) is 2.10. The molecule has 0 aromatic heterocycles. The van der Waals surface area contributed by atoms with Crippen LogP contribution in [0.1, 0.15) is 40.5 Å². The van der Waals surface area contributed by atoms with Crippen molar-refractivity contribution < 1.29 is 18.3 Å². The molecule has 104 valence electrons. The van der Waals surface area contributed by atoms with E-state index in [1.54, 1.807) is 0 Å². The molecule has 0 heterocycles. The molecule has 1 unspecified atom stereocenters. The van der Waals surface area contributed by atoms with Gasteiger partial charge < -0.3 is 5.11 Å². The van der Waals surface area contributed by atoms with Crippen LogP contribution < -0.4 is 0 Å². The number of alkyl halides is 3. The van der Waals surface area contributed by atoms with Crippen molar-refractivity contribution >= 4 is 0 Å². The van der Waals surface area contributed by atoms with Gasteiger partial charge in [-0.1, -0.05) is 27.7 Å². The van der Waals surface area contributed by atoms with Gasteiger partial charge in [0.2, 0.25) is 0 Å². The quantitative estimate of drug-likeness (QED) is 0.788. The first-order valence-corrected chi connectivity index (χ1v) is 6.03. The molecule has 0 bridgehead atoms. The highest BCUT2D eigenvalue weighted by atomic mass is 19.4. The van der Waals surface area contributed by atoms with Gasteiger partial charge in [-0.05, 0) is 24.8 Å². The summed E-state index contributed by atoms with van der Waals surface area (Å²) in [5.74, 6) is 0. The zero-order chi connectivity index (χ0) is 13.7. The number of aliphatic hydroxyl groups excluding tert-OH is 1. The van der Waals surface area contributed by atoms with E-state index in [4.69, 9.17) is 0 Å². The molecule has 0 radical (unpaired) electrons. The Morgan fingerprint density at radius 3 is 2.00 bits per heavy atom. The molecule has 0 aliphatic heterocycles. The Hall–Kier alpha value is -0.290. The number of hydrogen-bond donors (Lipinski definition) is 1. The monoisotopic (exact) mass is 255 g/mol. The van der Waals surface area contributed by atoms with Gasteiger partial charge in [0.05, 0.1) is 12.6 Å². The van der Waals surface area contributed by atoms with Crippen molar-refractivity contribution in [1.82, 2.24) is 4.90 Å². The average molecular weight is 255 g/mol. The summed E-state index contributed by atoms with van der Waals surface area (Å²) in [4.78, 5) is 1.36. The van der Waals surface area contributed by atoms with Crippen molar-refractivity contribution in [2.24, 2.45) is 5.41 Å². The van der Waals surface area contributed by atoms with Gasteiger partial charge in [0.15, 0.2) is 0 Å². The van der Waals surface area contributed by atoms with Crippen molar-refractivity contribution in [1.29, 1.82) is 0 Å². The third kappa shape index (κ3) is 8.44. The lowest BCUT2D eigenvalue weighted by Gasteiger charge is -2.29. The van der Waals surface area contributed by atoms with Gasteiger partial charge in [0, 0.05) is 6.54 Å². The van der Waals surface area contributed by atoms with Crippen molar-refractivity contribution in [3.8, 4) is 0 Å². The number of nitrogens with zero attached hydrogens (tertiary/aromatic N) is 1. The molecule has 1 atom stereocenters. The second-order valence-electron chi connectivity index (χ2n) is 5.56. The highest BCUT2D eigenvalue weighted by Gasteiger charge is 2.31. The minimum Gasteiger partial charge on any atom is -0.393 e. The molecule has 0 amide bonds. The lowest BCUT2D eigenvalue weighted by molar-refractivity contribution is -0.147.